The average Bonchev–Trinajstić information content (AvgIpc) is 3.10. The molecule has 0 aliphatic carbocycles. The van der Waals surface area contributed by atoms with Crippen LogP contribution in [0.5, 0.6) is 23.1 Å². The Kier molecular flexibility index (Phi) is 4.08. The number of nitrogens with zero attached hydrogens (tertiary/aromatic N) is 2. The summed E-state index contributed by atoms with van der Waals surface area (Å²) in [6.07, 6.45) is 1.97. The van der Waals surface area contributed by atoms with E-state index in [1.54, 1.807) is 0 Å². The highest BCUT2D eigenvalue weighted by molar-refractivity contribution is 5.45. The van der Waals surface area contributed by atoms with Crippen LogP contribution in [-0.4, -0.2) is 21.9 Å². The van der Waals surface area contributed by atoms with Crippen LogP contribution in [0.2, 0.25) is 0 Å². The Bertz CT molecular complexity index is 884. The van der Waals surface area contributed by atoms with Crippen molar-refractivity contribution in [2.24, 2.45) is 0 Å². The predicted octanol–water partition coefficient (Wildman–Crippen LogP) is 3.08. The summed E-state index contributed by atoms with van der Waals surface area (Å²) in [5.74, 6) is 2.05. The Morgan fingerprint density at radius 1 is 1.00 bits per heavy atom. The fourth-order valence-electron chi connectivity index (χ4n) is 2.55. The van der Waals surface area contributed by atoms with Gasteiger partial charge in [-0.15, -0.1) is 0 Å². The predicted molar refractivity (Wildman–Crippen MR) is 89.8 cm³/mol. The lowest BCUT2D eigenvalue weighted by Crippen LogP contribution is -2.01. The molecule has 1 N–H and O–H groups in total. The SMILES string of the molecule is Oc1nc(Cc2ccc3c(c2)OCO3)ncc1OCc1ccccc1. The van der Waals surface area contributed by atoms with Crippen LogP contribution in [0.25, 0.3) is 0 Å². The Morgan fingerprint density at radius 3 is 2.68 bits per heavy atom. The standard InChI is InChI=1S/C19H16N2O4/c22-19-17(23-11-13-4-2-1-3-5-13)10-20-18(21-19)9-14-6-7-15-16(8-14)25-12-24-15/h1-8,10H,9,11-12H2,(H,20,21,22). The van der Waals surface area contributed by atoms with Gasteiger partial charge in [-0.1, -0.05) is 36.4 Å². The van der Waals surface area contributed by atoms with Crippen molar-refractivity contribution >= 4 is 0 Å². The summed E-state index contributed by atoms with van der Waals surface area (Å²) in [7, 11) is 0. The molecule has 0 amide bonds. The summed E-state index contributed by atoms with van der Waals surface area (Å²) >= 11 is 0. The molecule has 0 saturated heterocycles. The summed E-state index contributed by atoms with van der Waals surface area (Å²) in [6, 6.07) is 15.4. The normalized spacial score (nSPS) is 12.2. The number of hydrogen-bond donors (Lipinski definition) is 1. The molecule has 126 valence electrons. The maximum absolute atomic E-state index is 10.1. The first-order chi connectivity index (χ1) is 12.3. The van der Waals surface area contributed by atoms with E-state index in [1.807, 2.05) is 48.5 Å². The number of rotatable bonds is 5. The molecule has 0 atom stereocenters. The lowest BCUT2D eigenvalue weighted by molar-refractivity contribution is 0.174. The molecule has 0 radical (unpaired) electrons. The van der Waals surface area contributed by atoms with Crippen molar-refractivity contribution in [3.63, 3.8) is 0 Å². The van der Waals surface area contributed by atoms with E-state index in [1.165, 1.54) is 6.20 Å². The zero-order valence-corrected chi connectivity index (χ0v) is 13.4. The van der Waals surface area contributed by atoms with Gasteiger partial charge >= 0.3 is 0 Å². The van der Waals surface area contributed by atoms with Gasteiger partial charge in [0.05, 0.1) is 6.20 Å². The molecule has 0 spiro atoms. The molecule has 1 aliphatic rings. The van der Waals surface area contributed by atoms with Crippen LogP contribution in [-0.2, 0) is 13.0 Å². The lowest BCUT2D eigenvalue weighted by atomic mass is 10.1. The Morgan fingerprint density at radius 2 is 1.84 bits per heavy atom. The Balaban J connectivity index is 1.44. The maximum atomic E-state index is 10.1. The molecule has 1 aromatic heterocycles. The molecule has 0 unspecified atom stereocenters. The van der Waals surface area contributed by atoms with Gasteiger partial charge in [-0.2, -0.15) is 4.98 Å². The van der Waals surface area contributed by atoms with Crippen molar-refractivity contribution in [2.45, 2.75) is 13.0 Å². The number of benzene rings is 2. The van der Waals surface area contributed by atoms with Gasteiger partial charge in [0, 0.05) is 6.42 Å². The number of ether oxygens (including phenoxy) is 3. The molecule has 6 heteroatoms. The van der Waals surface area contributed by atoms with Gasteiger partial charge in [0.15, 0.2) is 17.2 Å². The Labute approximate surface area is 144 Å². The monoisotopic (exact) mass is 336 g/mol. The summed E-state index contributed by atoms with van der Waals surface area (Å²) < 4.78 is 16.2. The second-order valence-corrected chi connectivity index (χ2v) is 5.61. The molecule has 0 saturated carbocycles. The first-order valence-electron chi connectivity index (χ1n) is 7.88. The van der Waals surface area contributed by atoms with Gasteiger partial charge in [0.1, 0.15) is 12.4 Å². The van der Waals surface area contributed by atoms with Crippen LogP contribution in [0.1, 0.15) is 17.0 Å². The van der Waals surface area contributed by atoms with Crippen molar-refractivity contribution in [3.8, 4) is 23.1 Å². The van der Waals surface area contributed by atoms with Crippen molar-refractivity contribution < 1.29 is 19.3 Å². The molecule has 0 fully saturated rings. The van der Waals surface area contributed by atoms with Crippen LogP contribution < -0.4 is 14.2 Å². The van der Waals surface area contributed by atoms with E-state index in [9.17, 15) is 5.11 Å². The molecule has 6 nitrogen and oxygen atoms in total. The van der Waals surface area contributed by atoms with Crippen molar-refractivity contribution in [1.29, 1.82) is 0 Å². The first-order valence-corrected chi connectivity index (χ1v) is 7.88. The summed E-state index contributed by atoms with van der Waals surface area (Å²) in [5.41, 5.74) is 1.98. The van der Waals surface area contributed by atoms with E-state index in [0.29, 0.717) is 24.6 Å². The highest BCUT2D eigenvalue weighted by Crippen LogP contribution is 2.33. The molecule has 4 rings (SSSR count). The van der Waals surface area contributed by atoms with Crippen molar-refractivity contribution in [2.75, 3.05) is 6.79 Å². The van der Waals surface area contributed by atoms with Gasteiger partial charge in [0.25, 0.3) is 5.88 Å². The van der Waals surface area contributed by atoms with E-state index < -0.39 is 0 Å². The summed E-state index contributed by atoms with van der Waals surface area (Å²) in [5, 5.41) is 10.1. The van der Waals surface area contributed by atoms with Crippen LogP contribution in [0, 0.1) is 0 Å². The number of aromatic hydroxyl groups is 1. The number of aromatic nitrogens is 2. The topological polar surface area (TPSA) is 73.7 Å². The Hall–Kier alpha value is -3.28. The smallest absolute Gasteiger partial charge is 0.257 e. The second kappa shape index (κ2) is 6.68. The van der Waals surface area contributed by atoms with Crippen LogP contribution in [0.15, 0.2) is 54.7 Å². The molecule has 3 aromatic rings. The minimum absolute atomic E-state index is 0.165. The van der Waals surface area contributed by atoms with E-state index in [4.69, 9.17) is 14.2 Å². The summed E-state index contributed by atoms with van der Waals surface area (Å²) in [4.78, 5) is 8.39. The lowest BCUT2D eigenvalue weighted by Gasteiger charge is -2.08. The van der Waals surface area contributed by atoms with Gasteiger partial charge in [0.2, 0.25) is 6.79 Å². The number of fused-ring (bicyclic) bond motifs is 1. The van der Waals surface area contributed by atoms with Gasteiger partial charge < -0.3 is 19.3 Å². The molecular formula is C19H16N2O4. The van der Waals surface area contributed by atoms with Gasteiger partial charge in [-0.25, -0.2) is 4.98 Å². The molecule has 0 bridgehead atoms. The third-order valence-corrected chi connectivity index (χ3v) is 3.82. The van der Waals surface area contributed by atoms with E-state index in [2.05, 4.69) is 9.97 Å². The summed E-state index contributed by atoms with van der Waals surface area (Å²) in [6.45, 7) is 0.586. The molecule has 25 heavy (non-hydrogen) atoms. The largest absolute Gasteiger partial charge is 0.491 e. The van der Waals surface area contributed by atoms with Gasteiger partial charge in [-0.3, -0.25) is 0 Å². The first kappa shape index (κ1) is 15.3. The fraction of sp³-hybridized carbons (Fsp3) is 0.158. The van der Waals surface area contributed by atoms with Crippen LogP contribution in [0.3, 0.4) is 0 Å². The third kappa shape index (κ3) is 3.47. The zero-order valence-electron chi connectivity index (χ0n) is 13.4. The molecule has 1 aliphatic heterocycles. The van der Waals surface area contributed by atoms with Crippen LogP contribution in [0.4, 0.5) is 0 Å². The molecule has 2 aromatic carbocycles. The van der Waals surface area contributed by atoms with Crippen LogP contribution >= 0.6 is 0 Å². The minimum Gasteiger partial charge on any atom is -0.491 e. The van der Waals surface area contributed by atoms with E-state index >= 15 is 0 Å². The quantitative estimate of drug-likeness (QED) is 0.772. The van der Waals surface area contributed by atoms with E-state index in [-0.39, 0.29) is 18.4 Å². The van der Waals surface area contributed by atoms with Crippen molar-refractivity contribution in [3.05, 3.63) is 71.7 Å². The van der Waals surface area contributed by atoms with E-state index in [0.717, 1.165) is 16.9 Å². The highest BCUT2D eigenvalue weighted by atomic mass is 16.7. The zero-order chi connectivity index (χ0) is 17.1. The highest BCUT2D eigenvalue weighted by Gasteiger charge is 2.14. The second-order valence-electron chi connectivity index (χ2n) is 5.61. The fourth-order valence-corrected chi connectivity index (χ4v) is 2.55. The molecule has 2 heterocycles. The molecular weight excluding hydrogens is 320 g/mol. The van der Waals surface area contributed by atoms with Crippen molar-refractivity contribution in [1.82, 2.24) is 9.97 Å². The number of hydrogen-bond acceptors (Lipinski definition) is 6. The average molecular weight is 336 g/mol. The maximum Gasteiger partial charge on any atom is 0.257 e. The van der Waals surface area contributed by atoms with Gasteiger partial charge in [-0.05, 0) is 23.3 Å². The minimum atomic E-state index is -0.165. The third-order valence-electron chi connectivity index (χ3n) is 3.82.